The minimum absolute atomic E-state index is 0.164. The van der Waals surface area contributed by atoms with E-state index in [1.807, 2.05) is 31.2 Å². The summed E-state index contributed by atoms with van der Waals surface area (Å²) in [5.41, 5.74) is 2.21. The molecule has 2 aromatic rings. The number of benzene rings is 1. The third-order valence-electron chi connectivity index (χ3n) is 2.00. The summed E-state index contributed by atoms with van der Waals surface area (Å²) in [6.07, 6.45) is 0. The Bertz CT molecular complexity index is 510. The summed E-state index contributed by atoms with van der Waals surface area (Å²) in [5.74, 6) is 0.450. The number of rotatable bonds is 3. The van der Waals surface area contributed by atoms with E-state index in [2.05, 4.69) is 9.36 Å². The van der Waals surface area contributed by atoms with E-state index >= 15 is 0 Å². The van der Waals surface area contributed by atoms with Crippen LogP contribution in [0, 0.1) is 6.92 Å². The van der Waals surface area contributed by atoms with Gasteiger partial charge in [-0.15, -0.1) is 0 Å². The van der Waals surface area contributed by atoms with E-state index in [4.69, 9.17) is 11.6 Å². The molecule has 0 aliphatic carbocycles. The van der Waals surface area contributed by atoms with E-state index < -0.39 is 10.8 Å². The summed E-state index contributed by atoms with van der Waals surface area (Å²) < 4.78 is 16.1. The van der Waals surface area contributed by atoms with Crippen molar-refractivity contribution in [2.24, 2.45) is 0 Å². The monoisotopic (exact) mass is 272 g/mol. The van der Waals surface area contributed by atoms with Crippen LogP contribution >= 0.6 is 23.1 Å². The molecule has 0 spiro atoms. The van der Waals surface area contributed by atoms with Crippen molar-refractivity contribution in [1.29, 1.82) is 0 Å². The molecule has 0 saturated heterocycles. The molecule has 6 heteroatoms. The van der Waals surface area contributed by atoms with Crippen LogP contribution < -0.4 is 0 Å². The number of aryl methyl sites for hydroxylation is 1. The molecule has 0 aliphatic heterocycles. The van der Waals surface area contributed by atoms with Crippen LogP contribution in [-0.2, 0) is 16.6 Å². The molecule has 0 N–H and O–H groups in total. The summed E-state index contributed by atoms with van der Waals surface area (Å²) in [7, 11) is -1.16. The average Bonchev–Trinajstić information content (AvgIpc) is 2.68. The number of aromatic nitrogens is 2. The molecule has 0 unspecified atom stereocenters. The smallest absolute Gasteiger partial charge is 0.235 e. The van der Waals surface area contributed by atoms with Crippen LogP contribution in [0.15, 0.2) is 28.6 Å². The lowest BCUT2D eigenvalue weighted by molar-refractivity contribution is 0.682. The van der Waals surface area contributed by atoms with Gasteiger partial charge in [0.05, 0.1) is 16.6 Å². The van der Waals surface area contributed by atoms with Crippen LogP contribution in [0.4, 0.5) is 0 Å². The van der Waals surface area contributed by atoms with Gasteiger partial charge in [0.2, 0.25) is 9.62 Å². The SMILES string of the molecule is Cc1ccc(C[S@](=O)c2nc(Cl)ns2)cc1. The van der Waals surface area contributed by atoms with E-state index in [-0.39, 0.29) is 5.28 Å². The number of hydrogen-bond donors (Lipinski definition) is 0. The van der Waals surface area contributed by atoms with Crippen LogP contribution in [0.2, 0.25) is 5.28 Å². The first kappa shape index (κ1) is 11.7. The van der Waals surface area contributed by atoms with Gasteiger partial charge in [-0.2, -0.15) is 9.36 Å². The lowest BCUT2D eigenvalue weighted by Gasteiger charge is -1.99. The summed E-state index contributed by atoms with van der Waals surface area (Å²) in [5, 5.41) is 0.164. The Morgan fingerprint density at radius 1 is 1.38 bits per heavy atom. The molecule has 1 heterocycles. The second-order valence-corrected chi connectivity index (χ2v) is 6.02. The van der Waals surface area contributed by atoms with Crippen LogP contribution in [0.3, 0.4) is 0 Å². The van der Waals surface area contributed by atoms with E-state index in [0.717, 1.165) is 17.1 Å². The van der Waals surface area contributed by atoms with Crippen LogP contribution in [-0.4, -0.2) is 13.6 Å². The largest absolute Gasteiger partial charge is 0.251 e. The Morgan fingerprint density at radius 3 is 2.62 bits per heavy atom. The maximum Gasteiger partial charge on any atom is 0.235 e. The molecule has 0 aliphatic rings. The third-order valence-corrected chi connectivity index (χ3v) is 4.63. The van der Waals surface area contributed by atoms with Crippen LogP contribution in [0.25, 0.3) is 0 Å². The van der Waals surface area contributed by atoms with Crippen molar-refractivity contribution in [3.8, 4) is 0 Å². The number of halogens is 1. The summed E-state index contributed by atoms with van der Waals surface area (Å²) >= 11 is 6.67. The van der Waals surface area contributed by atoms with E-state index in [9.17, 15) is 4.21 Å². The molecule has 0 bridgehead atoms. The number of nitrogens with zero attached hydrogens (tertiary/aromatic N) is 2. The van der Waals surface area contributed by atoms with Crippen molar-refractivity contribution in [1.82, 2.24) is 9.36 Å². The third kappa shape index (κ3) is 2.87. The predicted molar refractivity (Wildman–Crippen MR) is 66.2 cm³/mol. The summed E-state index contributed by atoms with van der Waals surface area (Å²) in [4.78, 5) is 3.90. The van der Waals surface area contributed by atoms with Gasteiger partial charge in [-0.3, -0.25) is 4.21 Å². The van der Waals surface area contributed by atoms with Crippen molar-refractivity contribution >= 4 is 33.9 Å². The molecule has 1 aromatic carbocycles. The Kier molecular flexibility index (Phi) is 3.68. The molecule has 3 nitrogen and oxygen atoms in total. The molecule has 0 radical (unpaired) electrons. The molecule has 84 valence electrons. The Hall–Kier alpha value is -0.780. The second kappa shape index (κ2) is 5.03. The highest BCUT2D eigenvalue weighted by Crippen LogP contribution is 2.16. The average molecular weight is 273 g/mol. The van der Waals surface area contributed by atoms with Gasteiger partial charge in [0.1, 0.15) is 0 Å². The van der Waals surface area contributed by atoms with Gasteiger partial charge >= 0.3 is 0 Å². The molecule has 0 amide bonds. The van der Waals surface area contributed by atoms with Gasteiger partial charge in [-0.05, 0) is 35.6 Å². The fourth-order valence-corrected chi connectivity index (χ4v) is 3.22. The summed E-state index contributed by atoms with van der Waals surface area (Å²) in [6, 6.07) is 7.94. The van der Waals surface area contributed by atoms with Crippen LogP contribution in [0.1, 0.15) is 11.1 Å². The minimum Gasteiger partial charge on any atom is -0.251 e. The van der Waals surface area contributed by atoms with Gasteiger partial charge in [0, 0.05) is 0 Å². The first-order valence-corrected chi connectivity index (χ1v) is 7.05. The molecular weight excluding hydrogens is 264 g/mol. The van der Waals surface area contributed by atoms with Gasteiger partial charge in [0.25, 0.3) is 0 Å². The molecule has 16 heavy (non-hydrogen) atoms. The van der Waals surface area contributed by atoms with Crippen molar-refractivity contribution in [3.63, 3.8) is 0 Å². The first-order valence-electron chi connectivity index (χ1n) is 4.58. The predicted octanol–water partition coefficient (Wildman–Crippen LogP) is 2.81. The minimum atomic E-state index is -1.16. The van der Waals surface area contributed by atoms with Crippen LogP contribution in [0.5, 0.6) is 0 Å². The van der Waals surface area contributed by atoms with Gasteiger partial charge in [-0.1, -0.05) is 29.8 Å². The maximum absolute atomic E-state index is 11.9. The quantitative estimate of drug-likeness (QED) is 0.863. The Morgan fingerprint density at radius 2 is 2.06 bits per heavy atom. The van der Waals surface area contributed by atoms with Gasteiger partial charge in [-0.25, -0.2) is 0 Å². The molecule has 2 rings (SSSR count). The lowest BCUT2D eigenvalue weighted by Crippen LogP contribution is -1.95. The van der Waals surface area contributed by atoms with E-state index in [1.165, 1.54) is 5.56 Å². The zero-order valence-electron chi connectivity index (χ0n) is 8.51. The summed E-state index contributed by atoms with van der Waals surface area (Å²) in [6.45, 7) is 2.02. The second-order valence-electron chi connectivity index (χ2n) is 3.30. The Labute approximate surface area is 105 Å². The molecule has 0 saturated carbocycles. The lowest BCUT2D eigenvalue weighted by atomic mass is 10.2. The highest BCUT2D eigenvalue weighted by atomic mass is 35.5. The molecular formula is C10H9ClN2OS2. The van der Waals surface area contributed by atoms with Crippen molar-refractivity contribution in [3.05, 3.63) is 40.7 Å². The van der Waals surface area contributed by atoms with Crippen molar-refractivity contribution in [2.75, 3.05) is 0 Å². The maximum atomic E-state index is 11.9. The zero-order valence-corrected chi connectivity index (χ0v) is 10.9. The molecule has 0 fully saturated rings. The van der Waals surface area contributed by atoms with Gasteiger partial charge in [0.15, 0.2) is 0 Å². The van der Waals surface area contributed by atoms with Crippen molar-refractivity contribution in [2.45, 2.75) is 17.0 Å². The van der Waals surface area contributed by atoms with E-state index in [1.54, 1.807) is 0 Å². The highest BCUT2D eigenvalue weighted by molar-refractivity contribution is 7.86. The zero-order chi connectivity index (χ0) is 11.5. The fourth-order valence-electron chi connectivity index (χ4n) is 1.18. The van der Waals surface area contributed by atoms with E-state index in [0.29, 0.717) is 10.1 Å². The van der Waals surface area contributed by atoms with Gasteiger partial charge < -0.3 is 0 Å². The first-order chi connectivity index (χ1) is 7.65. The Balaban J connectivity index is 2.10. The topological polar surface area (TPSA) is 42.9 Å². The molecule has 1 aromatic heterocycles. The highest BCUT2D eigenvalue weighted by Gasteiger charge is 2.10. The number of hydrogen-bond acceptors (Lipinski definition) is 4. The molecule has 1 atom stereocenters. The normalized spacial score (nSPS) is 12.6. The fraction of sp³-hybridized carbons (Fsp3) is 0.200. The standard InChI is InChI=1S/C10H9ClN2OS2/c1-7-2-4-8(5-3-7)6-16(14)10-12-9(11)13-15-10/h2-5H,6H2,1H3/t16-/m0/s1. The van der Waals surface area contributed by atoms with Crippen molar-refractivity contribution < 1.29 is 4.21 Å².